The van der Waals surface area contributed by atoms with Gasteiger partial charge in [-0.2, -0.15) is 0 Å². The lowest BCUT2D eigenvalue weighted by atomic mass is 9.79. The summed E-state index contributed by atoms with van der Waals surface area (Å²) in [5.74, 6) is 1.38. The Bertz CT molecular complexity index is 810. The van der Waals surface area contributed by atoms with Crippen LogP contribution >= 0.6 is 0 Å². The Kier molecular flexibility index (Phi) is 5.88. The van der Waals surface area contributed by atoms with Gasteiger partial charge in [-0.15, -0.1) is 0 Å². The minimum absolute atomic E-state index is 0.203. The molecule has 0 radical (unpaired) electrons. The SMILES string of the molecule is CCCN1c2ccc(C=Nc3ccccc3OCC)cc2C(C)CC1(C)C. The van der Waals surface area contributed by atoms with Gasteiger partial charge >= 0.3 is 0 Å². The molecule has 3 heteroatoms. The molecule has 3 nitrogen and oxygen atoms in total. The lowest BCUT2D eigenvalue weighted by Gasteiger charge is -2.47. The Morgan fingerprint density at radius 3 is 2.70 bits per heavy atom. The molecule has 0 amide bonds. The first-order valence-electron chi connectivity index (χ1n) is 10.1. The molecule has 0 N–H and O–H groups in total. The summed E-state index contributed by atoms with van der Waals surface area (Å²) < 4.78 is 5.68. The second-order valence-electron chi connectivity index (χ2n) is 8.05. The van der Waals surface area contributed by atoms with Gasteiger partial charge in [-0.25, -0.2) is 0 Å². The van der Waals surface area contributed by atoms with E-state index in [4.69, 9.17) is 4.74 Å². The largest absolute Gasteiger partial charge is 0.492 e. The molecule has 0 fully saturated rings. The summed E-state index contributed by atoms with van der Waals surface area (Å²) in [5, 5.41) is 0. The molecule has 0 spiro atoms. The quantitative estimate of drug-likeness (QED) is 0.559. The number of hydrogen-bond acceptors (Lipinski definition) is 3. The van der Waals surface area contributed by atoms with Crippen molar-refractivity contribution in [1.29, 1.82) is 0 Å². The van der Waals surface area contributed by atoms with Crippen molar-refractivity contribution >= 4 is 17.6 Å². The first-order valence-corrected chi connectivity index (χ1v) is 10.1. The van der Waals surface area contributed by atoms with Crippen molar-refractivity contribution in [2.45, 2.75) is 58.9 Å². The molecule has 1 unspecified atom stereocenters. The highest BCUT2D eigenvalue weighted by molar-refractivity contribution is 5.84. The summed E-state index contributed by atoms with van der Waals surface area (Å²) >= 11 is 0. The monoisotopic (exact) mass is 364 g/mol. The van der Waals surface area contributed by atoms with Crippen LogP contribution in [0.4, 0.5) is 11.4 Å². The number of hydrogen-bond donors (Lipinski definition) is 0. The van der Waals surface area contributed by atoms with Gasteiger partial charge in [0.1, 0.15) is 11.4 Å². The Hall–Kier alpha value is -2.29. The number of nitrogens with zero attached hydrogens (tertiary/aromatic N) is 2. The third-order valence-electron chi connectivity index (χ3n) is 5.37. The molecule has 2 aromatic rings. The predicted molar refractivity (Wildman–Crippen MR) is 116 cm³/mol. The molecular formula is C24H32N2O. The summed E-state index contributed by atoms with van der Waals surface area (Å²) in [7, 11) is 0. The third kappa shape index (κ3) is 4.18. The van der Waals surface area contributed by atoms with Crippen LogP contribution in [0, 0.1) is 0 Å². The Labute approximate surface area is 164 Å². The zero-order valence-electron chi connectivity index (χ0n) is 17.3. The van der Waals surface area contributed by atoms with E-state index in [1.54, 1.807) is 0 Å². The zero-order valence-corrected chi connectivity index (χ0v) is 17.3. The van der Waals surface area contributed by atoms with Gasteiger partial charge in [0.15, 0.2) is 0 Å². The summed E-state index contributed by atoms with van der Waals surface area (Å²) in [6, 6.07) is 14.7. The van der Waals surface area contributed by atoms with Gasteiger partial charge in [-0.3, -0.25) is 4.99 Å². The van der Waals surface area contributed by atoms with Crippen LogP contribution in [0.25, 0.3) is 0 Å². The maximum atomic E-state index is 5.68. The molecule has 0 aromatic heterocycles. The van der Waals surface area contributed by atoms with E-state index < -0.39 is 0 Å². The Morgan fingerprint density at radius 2 is 1.96 bits per heavy atom. The molecule has 0 bridgehead atoms. The van der Waals surface area contributed by atoms with Crippen LogP contribution < -0.4 is 9.64 Å². The van der Waals surface area contributed by atoms with E-state index in [9.17, 15) is 0 Å². The van der Waals surface area contributed by atoms with Crippen molar-refractivity contribution in [2.75, 3.05) is 18.1 Å². The number of para-hydroxylation sites is 2. The standard InChI is InChI=1S/C24H32N2O/c1-6-14-26-22-13-12-19(15-20(22)18(3)16-24(26,4)5)17-25-21-10-8-9-11-23(21)27-7-2/h8-13,15,17-18H,6-7,14,16H2,1-5H3. The normalized spacial score (nSPS) is 18.6. The van der Waals surface area contributed by atoms with Crippen molar-refractivity contribution in [3.63, 3.8) is 0 Å². The molecule has 2 aromatic carbocycles. The number of ether oxygens (including phenoxy) is 1. The van der Waals surface area contributed by atoms with Crippen LogP contribution in [0.3, 0.4) is 0 Å². The van der Waals surface area contributed by atoms with E-state index in [1.165, 1.54) is 17.7 Å². The van der Waals surface area contributed by atoms with Crippen molar-refractivity contribution in [3.8, 4) is 5.75 Å². The highest BCUT2D eigenvalue weighted by atomic mass is 16.5. The van der Waals surface area contributed by atoms with Crippen molar-refractivity contribution in [3.05, 3.63) is 53.6 Å². The highest BCUT2D eigenvalue weighted by Crippen LogP contribution is 2.43. The molecule has 0 aliphatic carbocycles. The lowest BCUT2D eigenvalue weighted by Crippen LogP contribution is -2.48. The van der Waals surface area contributed by atoms with Gasteiger partial charge in [-0.05, 0) is 74.9 Å². The van der Waals surface area contributed by atoms with E-state index in [2.05, 4.69) is 55.8 Å². The highest BCUT2D eigenvalue weighted by Gasteiger charge is 2.35. The minimum Gasteiger partial charge on any atom is -0.492 e. The van der Waals surface area contributed by atoms with Gasteiger partial charge in [0.25, 0.3) is 0 Å². The van der Waals surface area contributed by atoms with E-state index in [-0.39, 0.29) is 5.54 Å². The first-order chi connectivity index (χ1) is 13.0. The molecule has 27 heavy (non-hydrogen) atoms. The van der Waals surface area contributed by atoms with E-state index >= 15 is 0 Å². The fourth-order valence-corrected chi connectivity index (χ4v) is 4.22. The zero-order chi connectivity index (χ0) is 19.4. The van der Waals surface area contributed by atoms with Gasteiger partial charge in [-0.1, -0.05) is 32.0 Å². The topological polar surface area (TPSA) is 24.8 Å². The number of anilines is 1. The van der Waals surface area contributed by atoms with Crippen molar-refractivity contribution in [2.24, 2.45) is 4.99 Å². The smallest absolute Gasteiger partial charge is 0.144 e. The van der Waals surface area contributed by atoms with Crippen LogP contribution in [-0.2, 0) is 0 Å². The number of aliphatic imine (C=N–C) groups is 1. The first kappa shape index (κ1) is 19.5. The van der Waals surface area contributed by atoms with Crippen LogP contribution in [-0.4, -0.2) is 24.9 Å². The summed E-state index contributed by atoms with van der Waals surface area (Å²) in [5.41, 5.74) is 5.04. The third-order valence-corrected chi connectivity index (χ3v) is 5.37. The average Bonchev–Trinajstić information content (AvgIpc) is 2.64. The fourth-order valence-electron chi connectivity index (χ4n) is 4.22. The molecule has 1 aliphatic heterocycles. The fraction of sp³-hybridized carbons (Fsp3) is 0.458. The van der Waals surface area contributed by atoms with Crippen LogP contribution in [0.15, 0.2) is 47.5 Å². The van der Waals surface area contributed by atoms with Crippen LogP contribution in [0.2, 0.25) is 0 Å². The molecule has 1 heterocycles. The maximum Gasteiger partial charge on any atom is 0.144 e. The average molecular weight is 365 g/mol. The van der Waals surface area contributed by atoms with Gasteiger partial charge in [0.2, 0.25) is 0 Å². The summed E-state index contributed by atoms with van der Waals surface area (Å²) in [6.45, 7) is 13.1. The van der Waals surface area contributed by atoms with Crippen molar-refractivity contribution in [1.82, 2.24) is 0 Å². The van der Waals surface area contributed by atoms with Crippen LogP contribution in [0.1, 0.15) is 64.5 Å². The maximum absolute atomic E-state index is 5.68. The predicted octanol–water partition coefficient (Wildman–Crippen LogP) is 6.34. The van der Waals surface area contributed by atoms with Crippen LogP contribution in [0.5, 0.6) is 5.75 Å². The molecule has 144 valence electrons. The summed E-state index contributed by atoms with van der Waals surface area (Å²) in [6.07, 6.45) is 4.29. The van der Waals surface area contributed by atoms with Gasteiger partial charge in [0.05, 0.1) is 6.61 Å². The summed E-state index contributed by atoms with van der Waals surface area (Å²) in [4.78, 5) is 7.27. The molecular weight excluding hydrogens is 332 g/mol. The minimum atomic E-state index is 0.203. The molecule has 0 saturated heterocycles. The van der Waals surface area contributed by atoms with Gasteiger partial charge < -0.3 is 9.64 Å². The number of fused-ring (bicyclic) bond motifs is 1. The van der Waals surface area contributed by atoms with E-state index in [0.717, 1.165) is 30.0 Å². The van der Waals surface area contributed by atoms with Gasteiger partial charge in [0, 0.05) is 24.0 Å². The Balaban J connectivity index is 1.91. The second kappa shape index (κ2) is 8.16. The molecule has 0 saturated carbocycles. The molecule has 3 rings (SSSR count). The second-order valence-corrected chi connectivity index (χ2v) is 8.05. The van der Waals surface area contributed by atoms with E-state index in [0.29, 0.717) is 12.5 Å². The number of benzene rings is 2. The lowest BCUT2D eigenvalue weighted by molar-refractivity contribution is 0.341. The van der Waals surface area contributed by atoms with E-state index in [1.807, 2.05) is 37.4 Å². The number of rotatable bonds is 6. The Morgan fingerprint density at radius 1 is 1.19 bits per heavy atom. The molecule has 1 atom stereocenters. The molecule has 1 aliphatic rings. The van der Waals surface area contributed by atoms with Crippen molar-refractivity contribution < 1.29 is 4.74 Å².